The maximum Gasteiger partial charge on any atom is 0.00823 e. The van der Waals surface area contributed by atoms with Gasteiger partial charge in [-0.15, -0.1) is 0 Å². The molecule has 1 aliphatic rings. The van der Waals surface area contributed by atoms with Gasteiger partial charge in [-0.3, -0.25) is 0 Å². The molecular formula is C16H28N2S. The predicted molar refractivity (Wildman–Crippen MR) is 85.0 cm³/mol. The van der Waals surface area contributed by atoms with Crippen LogP contribution in [0.3, 0.4) is 0 Å². The summed E-state index contributed by atoms with van der Waals surface area (Å²) in [5, 5.41) is 8.29. The summed E-state index contributed by atoms with van der Waals surface area (Å²) in [7, 11) is 0. The SMILES string of the molecule is CCCN1CCCC(NC(C)Cc2ccsc2)CC1. The molecule has 0 amide bonds. The second kappa shape index (κ2) is 8.03. The first-order valence-electron chi connectivity index (χ1n) is 7.77. The van der Waals surface area contributed by atoms with Crippen molar-refractivity contribution in [1.82, 2.24) is 10.2 Å². The van der Waals surface area contributed by atoms with E-state index in [1.165, 1.54) is 57.3 Å². The zero-order valence-electron chi connectivity index (χ0n) is 12.4. The van der Waals surface area contributed by atoms with Gasteiger partial charge in [0.05, 0.1) is 0 Å². The number of hydrogen-bond acceptors (Lipinski definition) is 3. The Morgan fingerprint density at radius 2 is 2.32 bits per heavy atom. The molecule has 1 saturated heterocycles. The van der Waals surface area contributed by atoms with E-state index in [1.54, 1.807) is 11.3 Å². The summed E-state index contributed by atoms with van der Waals surface area (Å²) in [4.78, 5) is 2.63. The molecule has 2 nitrogen and oxygen atoms in total. The number of likely N-dealkylation sites (tertiary alicyclic amines) is 1. The molecule has 2 unspecified atom stereocenters. The van der Waals surface area contributed by atoms with Crippen LogP contribution in [-0.2, 0) is 6.42 Å². The molecule has 0 saturated carbocycles. The van der Waals surface area contributed by atoms with Crippen molar-refractivity contribution in [3.05, 3.63) is 22.4 Å². The van der Waals surface area contributed by atoms with Crippen LogP contribution < -0.4 is 5.32 Å². The van der Waals surface area contributed by atoms with Gasteiger partial charge in [0, 0.05) is 12.1 Å². The third-order valence-electron chi connectivity index (χ3n) is 4.00. The molecule has 3 heteroatoms. The standard InChI is InChI=1S/C16H28N2S/c1-3-8-18-9-4-5-16(6-10-18)17-14(2)12-15-7-11-19-13-15/h7,11,13-14,16-17H,3-6,8-10,12H2,1-2H3. The molecule has 2 rings (SSSR count). The highest BCUT2D eigenvalue weighted by molar-refractivity contribution is 7.07. The first-order chi connectivity index (χ1) is 9.28. The van der Waals surface area contributed by atoms with Crippen molar-refractivity contribution in [1.29, 1.82) is 0 Å². The average molecular weight is 280 g/mol. The molecule has 0 aromatic carbocycles. The van der Waals surface area contributed by atoms with E-state index in [9.17, 15) is 0 Å². The van der Waals surface area contributed by atoms with Crippen LogP contribution in [-0.4, -0.2) is 36.6 Å². The van der Waals surface area contributed by atoms with Gasteiger partial charge in [0.2, 0.25) is 0 Å². The lowest BCUT2D eigenvalue weighted by atomic mass is 10.1. The number of thiophene rings is 1. The molecule has 0 spiro atoms. The molecule has 0 bridgehead atoms. The Hall–Kier alpha value is -0.380. The van der Waals surface area contributed by atoms with Gasteiger partial charge in [-0.2, -0.15) is 11.3 Å². The highest BCUT2D eigenvalue weighted by Crippen LogP contribution is 2.14. The Bertz CT molecular complexity index is 337. The van der Waals surface area contributed by atoms with Crippen LogP contribution in [0, 0.1) is 0 Å². The van der Waals surface area contributed by atoms with Crippen LogP contribution in [0.25, 0.3) is 0 Å². The summed E-state index contributed by atoms with van der Waals surface area (Å²) >= 11 is 1.80. The van der Waals surface area contributed by atoms with Gasteiger partial charge in [0.15, 0.2) is 0 Å². The van der Waals surface area contributed by atoms with Gasteiger partial charge in [0.1, 0.15) is 0 Å². The van der Waals surface area contributed by atoms with Gasteiger partial charge < -0.3 is 10.2 Å². The molecule has 19 heavy (non-hydrogen) atoms. The third kappa shape index (κ3) is 5.25. The molecule has 2 heterocycles. The fourth-order valence-electron chi connectivity index (χ4n) is 3.09. The molecule has 1 aromatic rings. The second-order valence-electron chi connectivity index (χ2n) is 5.87. The van der Waals surface area contributed by atoms with E-state index < -0.39 is 0 Å². The third-order valence-corrected chi connectivity index (χ3v) is 4.73. The summed E-state index contributed by atoms with van der Waals surface area (Å²) in [6, 6.07) is 3.56. The molecule has 2 atom stereocenters. The normalized spacial score (nSPS) is 23.2. The number of nitrogens with zero attached hydrogens (tertiary/aromatic N) is 1. The molecule has 0 radical (unpaired) electrons. The summed E-state index contributed by atoms with van der Waals surface area (Å²) < 4.78 is 0. The van der Waals surface area contributed by atoms with Gasteiger partial charge in [-0.05, 0) is 81.1 Å². The average Bonchev–Trinajstić information content (AvgIpc) is 2.78. The molecule has 1 aliphatic heterocycles. The fourth-order valence-corrected chi connectivity index (χ4v) is 3.77. The summed E-state index contributed by atoms with van der Waals surface area (Å²) in [6.07, 6.45) is 6.45. The number of nitrogens with one attached hydrogen (secondary N) is 1. The number of hydrogen-bond donors (Lipinski definition) is 1. The predicted octanol–water partition coefficient (Wildman–Crippen LogP) is 3.53. The van der Waals surface area contributed by atoms with E-state index in [0.29, 0.717) is 6.04 Å². The Balaban J connectivity index is 1.73. The maximum atomic E-state index is 3.84. The largest absolute Gasteiger partial charge is 0.311 e. The highest BCUT2D eigenvalue weighted by atomic mass is 32.1. The van der Waals surface area contributed by atoms with Crippen LogP contribution >= 0.6 is 11.3 Å². The Kier molecular flexibility index (Phi) is 6.35. The van der Waals surface area contributed by atoms with E-state index in [2.05, 4.69) is 40.9 Å². The van der Waals surface area contributed by atoms with Crippen molar-refractivity contribution in [2.24, 2.45) is 0 Å². The molecule has 1 fully saturated rings. The van der Waals surface area contributed by atoms with Crippen molar-refractivity contribution in [3.8, 4) is 0 Å². The fraction of sp³-hybridized carbons (Fsp3) is 0.750. The van der Waals surface area contributed by atoms with E-state index in [1.807, 2.05) is 0 Å². The lowest BCUT2D eigenvalue weighted by molar-refractivity contribution is 0.281. The Labute approximate surface area is 122 Å². The smallest absolute Gasteiger partial charge is 0.00823 e. The Morgan fingerprint density at radius 1 is 1.42 bits per heavy atom. The minimum atomic E-state index is 0.595. The van der Waals surface area contributed by atoms with Gasteiger partial charge in [0.25, 0.3) is 0 Å². The lowest BCUT2D eigenvalue weighted by Gasteiger charge is -2.22. The van der Waals surface area contributed by atoms with Crippen molar-refractivity contribution in [2.75, 3.05) is 19.6 Å². The van der Waals surface area contributed by atoms with E-state index in [-0.39, 0.29) is 0 Å². The molecule has 1 N–H and O–H groups in total. The minimum Gasteiger partial charge on any atom is -0.311 e. The zero-order valence-corrected chi connectivity index (χ0v) is 13.2. The van der Waals surface area contributed by atoms with Gasteiger partial charge >= 0.3 is 0 Å². The van der Waals surface area contributed by atoms with E-state index >= 15 is 0 Å². The topological polar surface area (TPSA) is 15.3 Å². The first kappa shape index (κ1) is 15.0. The van der Waals surface area contributed by atoms with Crippen molar-refractivity contribution < 1.29 is 0 Å². The second-order valence-corrected chi connectivity index (χ2v) is 6.65. The van der Waals surface area contributed by atoms with Crippen molar-refractivity contribution in [2.45, 2.75) is 58.0 Å². The highest BCUT2D eigenvalue weighted by Gasteiger charge is 2.17. The van der Waals surface area contributed by atoms with Crippen LogP contribution in [0.15, 0.2) is 16.8 Å². The number of rotatable bonds is 6. The summed E-state index contributed by atoms with van der Waals surface area (Å²) in [6.45, 7) is 8.45. The summed E-state index contributed by atoms with van der Waals surface area (Å²) in [5.74, 6) is 0. The van der Waals surface area contributed by atoms with Gasteiger partial charge in [-0.25, -0.2) is 0 Å². The Morgan fingerprint density at radius 3 is 3.05 bits per heavy atom. The van der Waals surface area contributed by atoms with Crippen LogP contribution in [0.5, 0.6) is 0 Å². The maximum absolute atomic E-state index is 3.84. The molecule has 1 aromatic heterocycles. The lowest BCUT2D eigenvalue weighted by Crippen LogP contribution is -2.38. The zero-order chi connectivity index (χ0) is 13.5. The quantitative estimate of drug-likeness (QED) is 0.857. The molecule has 108 valence electrons. The van der Waals surface area contributed by atoms with Gasteiger partial charge in [-0.1, -0.05) is 6.92 Å². The van der Waals surface area contributed by atoms with E-state index in [0.717, 1.165) is 6.04 Å². The van der Waals surface area contributed by atoms with Crippen LogP contribution in [0.1, 0.15) is 45.1 Å². The van der Waals surface area contributed by atoms with Crippen molar-refractivity contribution >= 4 is 11.3 Å². The summed E-state index contributed by atoms with van der Waals surface area (Å²) in [5.41, 5.74) is 1.48. The first-order valence-corrected chi connectivity index (χ1v) is 8.71. The van der Waals surface area contributed by atoms with Crippen molar-refractivity contribution in [3.63, 3.8) is 0 Å². The van der Waals surface area contributed by atoms with Crippen LogP contribution in [0.2, 0.25) is 0 Å². The minimum absolute atomic E-state index is 0.595. The van der Waals surface area contributed by atoms with Crippen LogP contribution in [0.4, 0.5) is 0 Å². The monoisotopic (exact) mass is 280 g/mol. The molecular weight excluding hydrogens is 252 g/mol. The van der Waals surface area contributed by atoms with E-state index in [4.69, 9.17) is 0 Å². The molecule has 0 aliphatic carbocycles.